The summed E-state index contributed by atoms with van der Waals surface area (Å²) < 4.78 is 22.1. The van der Waals surface area contributed by atoms with E-state index in [9.17, 15) is 8.76 Å². The molecule has 0 N–H and O–H groups in total. The molecule has 6 heteroatoms. The average Bonchev–Trinajstić information content (AvgIpc) is 2.49. The van der Waals surface area contributed by atoms with E-state index in [-0.39, 0.29) is 34.5 Å². The summed E-state index contributed by atoms with van der Waals surface area (Å²) in [4.78, 5) is 4.29. The molecule has 1 aromatic carbocycles. The first-order chi connectivity index (χ1) is 5.77. The van der Waals surface area contributed by atoms with Crippen LogP contribution in [0.4, 0.5) is 0 Å². The Balaban J connectivity index is 0.000000845. The standard InChI is InChI=1S/C7H5NO2S2.Na/c9-12(10)5-1-2-7-6(3-5)8-4-11-7;/h1-4H,(H,9,10);/q;+1/p-1. The van der Waals surface area contributed by atoms with Gasteiger partial charge in [0.05, 0.1) is 15.7 Å². The van der Waals surface area contributed by atoms with Crippen molar-refractivity contribution in [2.75, 3.05) is 0 Å². The van der Waals surface area contributed by atoms with Crippen LogP contribution in [0.5, 0.6) is 0 Å². The SMILES string of the molecule is O=S([O-])c1ccc2scnc2c1.[Na+]. The molecule has 0 amide bonds. The van der Waals surface area contributed by atoms with E-state index in [1.807, 2.05) is 0 Å². The van der Waals surface area contributed by atoms with E-state index < -0.39 is 11.1 Å². The smallest absolute Gasteiger partial charge is 0.768 e. The van der Waals surface area contributed by atoms with Gasteiger partial charge in [-0.05, 0) is 29.3 Å². The van der Waals surface area contributed by atoms with Crippen molar-refractivity contribution in [3.8, 4) is 0 Å². The van der Waals surface area contributed by atoms with Gasteiger partial charge in [0.2, 0.25) is 0 Å². The molecule has 1 aromatic heterocycles. The van der Waals surface area contributed by atoms with Crippen molar-refractivity contribution in [2.45, 2.75) is 4.90 Å². The van der Waals surface area contributed by atoms with Crippen LogP contribution < -0.4 is 29.6 Å². The van der Waals surface area contributed by atoms with Crippen molar-refractivity contribution in [3.05, 3.63) is 23.7 Å². The fourth-order valence-corrected chi connectivity index (χ4v) is 1.99. The minimum Gasteiger partial charge on any atom is -0.768 e. The Bertz CT molecular complexity index is 443. The molecule has 0 aliphatic carbocycles. The van der Waals surface area contributed by atoms with Gasteiger partial charge in [-0.15, -0.1) is 11.3 Å². The number of hydrogen-bond donors (Lipinski definition) is 0. The molecule has 0 saturated heterocycles. The van der Waals surface area contributed by atoms with Crippen LogP contribution in [0, 0.1) is 0 Å². The fourth-order valence-electron chi connectivity index (χ4n) is 0.941. The topological polar surface area (TPSA) is 53.0 Å². The molecule has 0 spiro atoms. The molecule has 3 nitrogen and oxygen atoms in total. The Labute approximate surface area is 104 Å². The van der Waals surface area contributed by atoms with Gasteiger partial charge in [-0.1, -0.05) is 0 Å². The quantitative estimate of drug-likeness (QED) is 0.437. The second-order valence-corrected chi connectivity index (χ2v) is 4.04. The van der Waals surface area contributed by atoms with E-state index in [0.29, 0.717) is 0 Å². The van der Waals surface area contributed by atoms with Crippen LogP contribution in [0.25, 0.3) is 10.2 Å². The van der Waals surface area contributed by atoms with Crippen molar-refractivity contribution < 1.29 is 38.3 Å². The van der Waals surface area contributed by atoms with Crippen LogP contribution in [-0.2, 0) is 11.1 Å². The third-order valence-electron chi connectivity index (χ3n) is 1.49. The van der Waals surface area contributed by atoms with Crippen molar-refractivity contribution in [2.24, 2.45) is 0 Å². The van der Waals surface area contributed by atoms with Gasteiger partial charge in [-0.25, -0.2) is 4.98 Å². The third kappa shape index (κ3) is 2.37. The number of aromatic nitrogens is 1. The molecule has 1 heterocycles. The molecule has 0 aliphatic heterocycles. The number of rotatable bonds is 1. The Morgan fingerprint density at radius 1 is 1.46 bits per heavy atom. The Kier molecular flexibility index (Phi) is 4.03. The normalized spacial score (nSPS) is 12.4. The van der Waals surface area contributed by atoms with Gasteiger partial charge in [0.1, 0.15) is 0 Å². The second kappa shape index (κ2) is 4.63. The molecule has 62 valence electrons. The molecule has 2 aromatic rings. The predicted octanol–water partition coefficient (Wildman–Crippen LogP) is -1.46. The van der Waals surface area contributed by atoms with Gasteiger partial charge in [-0.3, -0.25) is 4.21 Å². The summed E-state index contributed by atoms with van der Waals surface area (Å²) in [7, 11) is 0. The van der Waals surface area contributed by atoms with Gasteiger partial charge in [0.15, 0.2) is 0 Å². The van der Waals surface area contributed by atoms with Gasteiger partial charge < -0.3 is 4.55 Å². The maximum Gasteiger partial charge on any atom is 1.00 e. The molecule has 2 rings (SSSR count). The van der Waals surface area contributed by atoms with Crippen molar-refractivity contribution in [1.29, 1.82) is 0 Å². The number of fused-ring (bicyclic) bond motifs is 1. The molecular weight excluding hydrogens is 217 g/mol. The molecular formula is C7H4NNaO2S2. The number of benzene rings is 1. The zero-order valence-corrected chi connectivity index (χ0v) is 10.5. The summed E-state index contributed by atoms with van der Waals surface area (Å²) in [6.07, 6.45) is 0. The molecule has 0 bridgehead atoms. The summed E-state index contributed by atoms with van der Waals surface area (Å²) in [5, 5.41) is 0. The summed E-state index contributed by atoms with van der Waals surface area (Å²) in [5.41, 5.74) is 2.43. The largest absolute Gasteiger partial charge is 1.00 e. The van der Waals surface area contributed by atoms with Gasteiger partial charge in [0, 0.05) is 4.90 Å². The van der Waals surface area contributed by atoms with E-state index >= 15 is 0 Å². The number of thiazole rings is 1. The predicted molar refractivity (Wildman–Crippen MR) is 46.8 cm³/mol. The molecule has 0 saturated carbocycles. The van der Waals surface area contributed by atoms with E-state index in [2.05, 4.69) is 4.98 Å². The summed E-state index contributed by atoms with van der Waals surface area (Å²) in [6, 6.07) is 4.90. The fraction of sp³-hybridized carbons (Fsp3) is 0. The van der Waals surface area contributed by atoms with Crippen LogP contribution in [0.2, 0.25) is 0 Å². The summed E-state index contributed by atoms with van der Waals surface area (Å²) >= 11 is -0.659. The zero-order valence-electron chi connectivity index (χ0n) is 6.89. The second-order valence-electron chi connectivity index (χ2n) is 2.22. The van der Waals surface area contributed by atoms with Crippen LogP contribution in [0.3, 0.4) is 0 Å². The van der Waals surface area contributed by atoms with E-state index in [1.54, 1.807) is 23.7 Å². The average molecular weight is 221 g/mol. The van der Waals surface area contributed by atoms with Gasteiger partial charge in [0.25, 0.3) is 0 Å². The summed E-state index contributed by atoms with van der Waals surface area (Å²) in [5.74, 6) is 0. The molecule has 13 heavy (non-hydrogen) atoms. The summed E-state index contributed by atoms with van der Waals surface area (Å²) in [6.45, 7) is 0. The Morgan fingerprint density at radius 2 is 2.23 bits per heavy atom. The molecule has 0 aliphatic rings. The van der Waals surface area contributed by atoms with Gasteiger partial charge in [-0.2, -0.15) is 0 Å². The first-order valence-corrected chi connectivity index (χ1v) is 5.15. The number of hydrogen-bond acceptors (Lipinski definition) is 4. The van der Waals surface area contributed by atoms with E-state index in [4.69, 9.17) is 0 Å². The van der Waals surface area contributed by atoms with Gasteiger partial charge >= 0.3 is 29.6 Å². The first kappa shape index (κ1) is 11.3. The van der Waals surface area contributed by atoms with Crippen LogP contribution >= 0.6 is 11.3 Å². The first-order valence-electron chi connectivity index (χ1n) is 3.20. The maximum absolute atomic E-state index is 10.5. The Hall–Kier alpha value is 0.220. The van der Waals surface area contributed by atoms with Crippen molar-refractivity contribution in [1.82, 2.24) is 4.98 Å². The molecule has 0 radical (unpaired) electrons. The minimum absolute atomic E-state index is 0. The molecule has 1 atom stereocenters. The van der Waals surface area contributed by atoms with Crippen LogP contribution in [0.1, 0.15) is 0 Å². The van der Waals surface area contributed by atoms with Crippen molar-refractivity contribution in [3.63, 3.8) is 0 Å². The monoisotopic (exact) mass is 221 g/mol. The third-order valence-corrected chi connectivity index (χ3v) is 2.94. The van der Waals surface area contributed by atoms with Crippen molar-refractivity contribution >= 4 is 32.6 Å². The minimum atomic E-state index is -2.15. The molecule has 1 unspecified atom stereocenters. The van der Waals surface area contributed by atoms with E-state index in [1.165, 1.54) is 11.3 Å². The van der Waals surface area contributed by atoms with Crippen LogP contribution in [0.15, 0.2) is 28.6 Å². The molecule has 0 fully saturated rings. The van der Waals surface area contributed by atoms with E-state index in [0.717, 1.165) is 10.2 Å². The maximum atomic E-state index is 10.5. The zero-order chi connectivity index (χ0) is 8.55. The number of nitrogens with zero attached hydrogens (tertiary/aromatic N) is 1. The Morgan fingerprint density at radius 3 is 2.92 bits per heavy atom. The van der Waals surface area contributed by atoms with Crippen LogP contribution in [-0.4, -0.2) is 13.7 Å².